The van der Waals surface area contributed by atoms with Gasteiger partial charge in [-0.2, -0.15) is 19.1 Å². The lowest BCUT2D eigenvalue weighted by Crippen LogP contribution is -2.13. The Morgan fingerprint density at radius 2 is 1.79 bits per heavy atom. The van der Waals surface area contributed by atoms with Crippen molar-refractivity contribution in [1.82, 2.24) is 0 Å². The number of halogens is 3. The van der Waals surface area contributed by atoms with Gasteiger partial charge in [0.1, 0.15) is 12.0 Å². The van der Waals surface area contributed by atoms with Crippen molar-refractivity contribution in [1.29, 1.82) is 0 Å². The molecule has 2 rings (SSSR count). The highest BCUT2D eigenvalue weighted by atomic mass is 19.4. The fourth-order valence-corrected chi connectivity index (χ4v) is 2.42. The van der Waals surface area contributed by atoms with Gasteiger partial charge in [-0.15, -0.1) is 0 Å². The number of nitrogens with two attached hydrogens (primary N) is 1. The Morgan fingerprint density at radius 1 is 1.12 bits per heavy atom. The Labute approximate surface area is 137 Å². The van der Waals surface area contributed by atoms with Crippen molar-refractivity contribution in [3.8, 4) is 0 Å². The first-order valence-corrected chi connectivity index (χ1v) is 7.14. The summed E-state index contributed by atoms with van der Waals surface area (Å²) in [5, 5.41) is 0. The Bertz CT molecular complexity index is 739. The van der Waals surface area contributed by atoms with Crippen LogP contribution in [0.1, 0.15) is 29.5 Å². The maximum Gasteiger partial charge on any atom is 0.416 e. The molecular formula is C18H16F3NO2. The van der Waals surface area contributed by atoms with Crippen LogP contribution in [0.25, 0.3) is 5.57 Å². The summed E-state index contributed by atoms with van der Waals surface area (Å²) < 4.78 is 38.6. The van der Waals surface area contributed by atoms with Gasteiger partial charge in [0.15, 0.2) is 0 Å². The van der Waals surface area contributed by atoms with Gasteiger partial charge in [-0.3, -0.25) is 0 Å². The van der Waals surface area contributed by atoms with Crippen molar-refractivity contribution in [2.24, 2.45) is 5.90 Å². The van der Waals surface area contributed by atoms with E-state index < -0.39 is 17.7 Å². The molecule has 0 aliphatic carbocycles. The van der Waals surface area contributed by atoms with E-state index in [1.807, 2.05) is 0 Å². The van der Waals surface area contributed by atoms with E-state index in [1.165, 1.54) is 12.1 Å². The number of allylic oxidation sites excluding steroid dienone is 2. The van der Waals surface area contributed by atoms with E-state index >= 15 is 0 Å². The van der Waals surface area contributed by atoms with Crippen LogP contribution < -0.4 is 5.90 Å². The number of carbonyl (C=O) groups is 1. The minimum absolute atomic E-state index is 0.107. The third-order valence-electron chi connectivity index (χ3n) is 3.70. The van der Waals surface area contributed by atoms with E-state index in [2.05, 4.69) is 0 Å². The maximum absolute atomic E-state index is 12.9. The maximum atomic E-state index is 12.9. The molecule has 0 aliphatic rings. The molecule has 0 saturated carbocycles. The SMILES string of the molecule is CC(=C(ON)C(C=O)c1ccccc1)c1cccc(C(F)(F)F)c1. The Hall–Kier alpha value is -2.60. The second kappa shape index (κ2) is 7.31. The lowest BCUT2D eigenvalue weighted by molar-refractivity contribution is -0.137. The largest absolute Gasteiger partial charge is 0.416 e. The monoisotopic (exact) mass is 335 g/mol. The fraction of sp³-hybridized carbons (Fsp3) is 0.167. The van der Waals surface area contributed by atoms with Crippen LogP contribution >= 0.6 is 0 Å². The van der Waals surface area contributed by atoms with Crippen molar-refractivity contribution < 1.29 is 22.8 Å². The van der Waals surface area contributed by atoms with Gasteiger partial charge in [-0.1, -0.05) is 42.5 Å². The highest BCUT2D eigenvalue weighted by Crippen LogP contribution is 2.33. The molecule has 0 heterocycles. The van der Waals surface area contributed by atoms with Crippen LogP contribution in [0.4, 0.5) is 13.2 Å². The number of hydrogen-bond acceptors (Lipinski definition) is 3. The molecule has 0 saturated heterocycles. The smallest absolute Gasteiger partial charge is 0.415 e. The van der Waals surface area contributed by atoms with E-state index in [-0.39, 0.29) is 11.3 Å². The molecule has 0 aliphatic heterocycles. The second-order valence-electron chi connectivity index (χ2n) is 5.21. The van der Waals surface area contributed by atoms with Crippen LogP contribution in [0.5, 0.6) is 0 Å². The molecule has 2 N–H and O–H groups in total. The normalized spacial score (nSPS) is 13.9. The quantitative estimate of drug-likeness (QED) is 0.503. The molecule has 0 spiro atoms. The minimum atomic E-state index is -4.45. The van der Waals surface area contributed by atoms with Gasteiger partial charge in [-0.25, -0.2) is 0 Å². The minimum Gasteiger partial charge on any atom is -0.415 e. The molecule has 3 nitrogen and oxygen atoms in total. The van der Waals surface area contributed by atoms with Gasteiger partial charge >= 0.3 is 6.18 Å². The second-order valence-corrected chi connectivity index (χ2v) is 5.21. The zero-order chi connectivity index (χ0) is 17.7. The highest BCUT2D eigenvalue weighted by molar-refractivity contribution is 5.76. The third kappa shape index (κ3) is 3.83. The average Bonchev–Trinajstić information content (AvgIpc) is 2.59. The first-order chi connectivity index (χ1) is 11.4. The molecule has 0 bridgehead atoms. The number of carbonyl (C=O) groups excluding carboxylic acids is 1. The molecule has 0 radical (unpaired) electrons. The summed E-state index contributed by atoms with van der Waals surface area (Å²) in [4.78, 5) is 16.4. The van der Waals surface area contributed by atoms with Crippen molar-refractivity contribution in [2.45, 2.75) is 19.0 Å². The van der Waals surface area contributed by atoms with Gasteiger partial charge < -0.3 is 9.63 Å². The standard InChI is InChI=1S/C18H16F3NO2/c1-12(14-8-5-9-15(10-14)18(19,20)21)17(24-22)16(11-23)13-6-3-2-4-7-13/h2-11,16H,22H2,1H3. The first kappa shape index (κ1) is 17.7. The molecule has 2 aromatic carbocycles. The summed E-state index contributed by atoms with van der Waals surface area (Å²) in [6.07, 6.45) is -3.81. The first-order valence-electron chi connectivity index (χ1n) is 7.14. The molecule has 0 amide bonds. The summed E-state index contributed by atoms with van der Waals surface area (Å²) in [6.45, 7) is 1.57. The number of alkyl halides is 3. The van der Waals surface area contributed by atoms with Crippen LogP contribution in [0, 0.1) is 0 Å². The van der Waals surface area contributed by atoms with E-state index in [0.717, 1.165) is 12.1 Å². The Balaban J connectivity index is 2.52. The van der Waals surface area contributed by atoms with Crippen molar-refractivity contribution in [3.05, 3.63) is 77.0 Å². The van der Waals surface area contributed by atoms with Gasteiger partial charge in [0.2, 0.25) is 0 Å². The Morgan fingerprint density at radius 3 is 2.33 bits per heavy atom. The molecule has 1 atom stereocenters. The highest BCUT2D eigenvalue weighted by Gasteiger charge is 2.31. The molecule has 1 unspecified atom stereocenters. The van der Waals surface area contributed by atoms with E-state index in [0.29, 0.717) is 17.4 Å². The van der Waals surface area contributed by atoms with Crippen molar-refractivity contribution >= 4 is 11.9 Å². The molecule has 0 fully saturated rings. The summed E-state index contributed by atoms with van der Waals surface area (Å²) in [5.41, 5.74) is 0.509. The van der Waals surface area contributed by atoms with Crippen LogP contribution in [0.2, 0.25) is 0 Å². The lowest BCUT2D eigenvalue weighted by atomic mass is 9.93. The number of aldehydes is 1. The molecule has 24 heavy (non-hydrogen) atoms. The molecule has 126 valence electrons. The van der Waals surface area contributed by atoms with Gasteiger partial charge in [-0.05, 0) is 35.8 Å². The van der Waals surface area contributed by atoms with E-state index in [4.69, 9.17) is 10.7 Å². The molecular weight excluding hydrogens is 319 g/mol. The van der Waals surface area contributed by atoms with Crippen LogP contribution in [-0.4, -0.2) is 6.29 Å². The third-order valence-corrected chi connectivity index (χ3v) is 3.70. The summed E-state index contributed by atoms with van der Waals surface area (Å²) in [5.74, 6) is 4.62. The molecule has 2 aromatic rings. The number of rotatable bonds is 5. The topological polar surface area (TPSA) is 52.3 Å². The number of hydrogen-bond donors (Lipinski definition) is 1. The van der Waals surface area contributed by atoms with Crippen molar-refractivity contribution in [2.75, 3.05) is 0 Å². The van der Waals surface area contributed by atoms with Gasteiger partial charge in [0, 0.05) is 0 Å². The fourth-order valence-electron chi connectivity index (χ4n) is 2.42. The van der Waals surface area contributed by atoms with Gasteiger partial charge in [0.25, 0.3) is 0 Å². The summed E-state index contributed by atoms with van der Waals surface area (Å²) in [7, 11) is 0. The van der Waals surface area contributed by atoms with Crippen LogP contribution in [-0.2, 0) is 15.8 Å². The Kier molecular flexibility index (Phi) is 5.41. The zero-order valence-electron chi connectivity index (χ0n) is 12.9. The van der Waals surface area contributed by atoms with Crippen LogP contribution in [0.15, 0.2) is 60.4 Å². The number of benzene rings is 2. The van der Waals surface area contributed by atoms with Crippen molar-refractivity contribution in [3.63, 3.8) is 0 Å². The average molecular weight is 335 g/mol. The predicted molar refractivity (Wildman–Crippen MR) is 84.6 cm³/mol. The summed E-state index contributed by atoms with van der Waals surface area (Å²) in [6, 6.07) is 13.5. The zero-order valence-corrected chi connectivity index (χ0v) is 12.9. The van der Waals surface area contributed by atoms with Gasteiger partial charge in [0.05, 0.1) is 11.5 Å². The predicted octanol–water partition coefficient (Wildman–Crippen LogP) is 4.31. The van der Waals surface area contributed by atoms with Crippen LogP contribution in [0.3, 0.4) is 0 Å². The molecule has 0 aromatic heterocycles. The van der Waals surface area contributed by atoms with E-state index in [9.17, 15) is 18.0 Å². The summed E-state index contributed by atoms with van der Waals surface area (Å²) >= 11 is 0. The molecule has 6 heteroatoms. The lowest BCUT2D eigenvalue weighted by Gasteiger charge is -2.17. The van der Waals surface area contributed by atoms with E-state index in [1.54, 1.807) is 37.3 Å².